The Morgan fingerprint density at radius 1 is 1.60 bits per heavy atom. The summed E-state index contributed by atoms with van der Waals surface area (Å²) in [5, 5.41) is 8.93. The van der Waals surface area contributed by atoms with Crippen molar-refractivity contribution in [3.05, 3.63) is 34.9 Å². The van der Waals surface area contributed by atoms with E-state index in [4.69, 9.17) is 9.84 Å². The molecule has 3 heteroatoms. The Morgan fingerprint density at radius 2 is 2.40 bits per heavy atom. The number of fused-ring (bicyclic) bond motifs is 3. The molecule has 1 saturated heterocycles. The number of rotatable bonds is 1. The molecule has 3 rings (SSSR count). The van der Waals surface area contributed by atoms with Gasteiger partial charge < -0.3 is 9.84 Å². The minimum absolute atomic E-state index is 0.209. The van der Waals surface area contributed by atoms with Crippen molar-refractivity contribution in [2.24, 2.45) is 0 Å². The van der Waals surface area contributed by atoms with Gasteiger partial charge in [0.1, 0.15) is 5.60 Å². The SMILES string of the molecule is CC12OC1CCc1ccc(C(=O)O)cc12. The summed E-state index contributed by atoms with van der Waals surface area (Å²) in [5.74, 6) is -0.871. The Balaban J connectivity index is 2.13. The summed E-state index contributed by atoms with van der Waals surface area (Å²) in [4.78, 5) is 10.9. The number of epoxide rings is 1. The van der Waals surface area contributed by atoms with Crippen LogP contribution in [0, 0.1) is 0 Å². The van der Waals surface area contributed by atoms with E-state index in [1.165, 1.54) is 5.56 Å². The first-order valence-electron chi connectivity index (χ1n) is 5.16. The average molecular weight is 204 g/mol. The fourth-order valence-corrected chi connectivity index (χ4v) is 2.51. The summed E-state index contributed by atoms with van der Waals surface area (Å²) in [7, 11) is 0. The van der Waals surface area contributed by atoms with Crippen molar-refractivity contribution in [3.63, 3.8) is 0 Å². The Kier molecular flexibility index (Phi) is 1.55. The lowest BCUT2D eigenvalue weighted by Gasteiger charge is -2.18. The second kappa shape index (κ2) is 2.61. The molecule has 0 bridgehead atoms. The van der Waals surface area contributed by atoms with E-state index >= 15 is 0 Å². The summed E-state index contributed by atoms with van der Waals surface area (Å²) in [6.45, 7) is 2.04. The van der Waals surface area contributed by atoms with Gasteiger partial charge in [-0.15, -0.1) is 0 Å². The first-order valence-corrected chi connectivity index (χ1v) is 5.16. The van der Waals surface area contributed by atoms with Crippen molar-refractivity contribution >= 4 is 5.97 Å². The highest BCUT2D eigenvalue weighted by molar-refractivity contribution is 5.88. The first-order chi connectivity index (χ1) is 7.11. The van der Waals surface area contributed by atoms with Crippen LogP contribution < -0.4 is 0 Å². The molecule has 3 nitrogen and oxygen atoms in total. The van der Waals surface area contributed by atoms with Crippen molar-refractivity contribution < 1.29 is 14.6 Å². The maximum absolute atomic E-state index is 10.9. The fourth-order valence-electron chi connectivity index (χ4n) is 2.51. The lowest BCUT2D eigenvalue weighted by Crippen LogP contribution is -2.17. The predicted octanol–water partition coefficient (Wildman–Crippen LogP) is 1.95. The van der Waals surface area contributed by atoms with Crippen LogP contribution in [0.3, 0.4) is 0 Å². The van der Waals surface area contributed by atoms with Crippen molar-refractivity contribution in [2.75, 3.05) is 0 Å². The zero-order valence-corrected chi connectivity index (χ0v) is 8.49. The van der Waals surface area contributed by atoms with E-state index < -0.39 is 5.97 Å². The quantitative estimate of drug-likeness (QED) is 0.711. The van der Waals surface area contributed by atoms with Crippen LogP contribution in [0.4, 0.5) is 0 Å². The molecule has 1 N–H and O–H groups in total. The van der Waals surface area contributed by atoms with Gasteiger partial charge >= 0.3 is 5.97 Å². The number of carboxylic acid groups (broad SMARTS) is 1. The second-order valence-electron chi connectivity index (χ2n) is 4.43. The van der Waals surface area contributed by atoms with Crippen LogP contribution >= 0.6 is 0 Å². The number of aryl methyl sites for hydroxylation is 1. The molecule has 0 aromatic heterocycles. The van der Waals surface area contributed by atoms with Crippen LogP contribution in [-0.4, -0.2) is 17.2 Å². The van der Waals surface area contributed by atoms with E-state index in [2.05, 4.69) is 0 Å². The van der Waals surface area contributed by atoms with E-state index in [9.17, 15) is 4.79 Å². The summed E-state index contributed by atoms with van der Waals surface area (Å²) in [5.41, 5.74) is 2.44. The topological polar surface area (TPSA) is 49.8 Å². The molecule has 0 amide bonds. The number of carbonyl (C=O) groups is 1. The van der Waals surface area contributed by atoms with Gasteiger partial charge in [-0.25, -0.2) is 4.79 Å². The molecule has 1 aliphatic carbocycles. The highest BCUT2D eigenvalue weighted by Crippen LogP contribution is 2.52. The number of aromatic carboxylic acids is 1. The third-order valence-corrected chi connectivity index (χ3v) is 3.51. The Bertz CT molecular complexity index is 452. The van der Waals surface area contributed by atoms with Gasteiger partial charge in [-0.2, -0.15) is 0 Å². The molecule has 1 aliphatic heterocycles. The minimum atomic E-state index is -0.871. The van der Waals surface area contributed by atoms with E-state index in [-0.39, 0.29) is 5.60 Å². The van der Waals surface area contributed by atoms with Crippen LogP contribution in [0.25, 0.3) is 0 Å². The molecule has 0 radical (unpaired) electrons. The molecule has 2 unspecified atom stereocenters. The lowest BCUT2D eigenvalue weighted by atomic mass is 9.83. The molecule has 1 fully saturated rings. The van der Waals surface area contributed by atoms with Gasteiger partial charge in [0.25, 0.3) is 0 Å². The minimum Gasteiger partial charge on any atom is -0.478 e. The molecular formula is C12H12O3. The number of carboxylic acids is 1. The van der Waals surface area contributed by atoms with E-state index in [0.717, 1.165) is 18.4 Å². The molecule has 1 heterocycles. The number of hydrogen-bond donors (Lipinski definition) is 1. The zero-order chi connectivity index (χ0) is 10.6. The van der Waals surface area contributed by atoms with Crippen LogP contribution in [0.1, 0.15) is 34.8 Å². The molecule has 0 spiro atoms. The van der Waals surface area contributed by atoms with Gasteiger partial charge in [-0.3, -0.25) is 0 Å². The smallest absolute Gasteiger partial charge is 0.335 e. The Morgan fingerprint density at radius 3 is 3.13 bits per heavy atom. The average Bonchev–Trinajstić information content (AvgIpc) is 2.89. The first kappa shape index (κ1) is 8.92. The monoisotopic (exact) mass is 204 g/mol. The largest absolute Gasteiger partial charge is 0.478 e. The summed E-state index contributed by atoms with van der Waals surface area (Å²) < 4.78 is 5.63. The third-order valence-electron chi connectivity index (χ3n) is 3.51. The number of ether oxygens (including phenoxy) is 1. The van der Waals surface area contributed by atoms with E-state index in [1.54, 1.807) is 12.1 Å². The maximum atomic E-state index is 10.9. The lowest BCUT2D eigenvalue weighted by molar-refractivity contribution is 0.0696. The molecule has 2 aliphatic rings. The molecule has 2 atom stereocenters. The molecule has 1 aromatic carbocycles. The molecule has 1 aromatic rings. The third kappa shape index (κ3) is 1.13. The predicted molar refractivity (Wildman–Crippen MR) is 53.9 cm³/mol. The van der Waals surface area contributed by atoms with Crippen molar-refractivity contribution in [1.82, 2.24) is 0 Å². The number of hydrogen-bond acceptors (Lipinski definition) is 2. The van der Waals surface area contributed by atoms with Gasteiger partial charge in [0.15, 0.2) is 0 Å². The van der Waals surface area contributed by atoms with E-state index in [1.807, 2.05) is 13.0 Å². The highest BCUT2D eigenvalue weighted by atomic mass is 16.6. The molecule has 15 heavy (non-hydrogen) atoms. The molecular weight excluding hydrogens is 192 g/mol. The van der Waals surface area contributed by atoms with Crippen LogP contribution in [-0.2, 0) is 16.8 Å². The Hall–Kier alpha value is -1.35. The molecule has 0 saturated carbocycles. The van der Waals surface area contributed by atoms with Crippen LogP contribution in [0.2, 0.25) is 0 Å². The number of benzene rings is 1. The van der Waals surface area contributed by atoms with Crippen molar-refractivity contribution in [3.8, 4) is 0 Å². The summed E-state index contributed by atoms with van der Waals surface area (Å²) >= 11 is 0. The van der Waals surface area contributed by atoms with Gasteiger partial charge in [0.2, 0.25) is 0 Å². The Labute approximate surface area is 87.7 Å². The van der Waals surface area contributed by atoms with Crippen molar-refractivity contribution in [1.29, 1.82) is 0 Å². The van der Waals surface area contributed by atoms with Gasteiger partial charge in [-0.05, 0) is 43.0 Å². The summed E-state index contributed by atoms with van der Waals surface area (Å²) in [6, 6.07) is 5.35. The van der Waals surface area contributed by atoms with Crippen LogP contribution in [0.15, 0.2) is 18.2 Å². The van der Waals surface area contributed by atoms with Gasteiger partial charge in [0.05, 0.1) is 11.7 Å². The second-order valence-corrected chi connectivity index (χ2v) is 4.43. The summed E-state index contributed by atoms with van der Waals surface area (Å²) in [6.07, 6.45) is 2.35. The zero-order valence-electron chi connectivity index (χ0n) is 8.49. The van der Waals surface area contributed by atoms with E-state index in [0.29, 0.717) is 11.7 Å². The normalized spacial score (nSPS) is 31.7. The fraction of sp³-hybridized carbons (Fsp3) is 0.417. The van der Waals surface area contributed by atoms with Gasteiger partial charge in [0, 0.05) is 0 Å². The standard InChI is InChI=1S/C12H12O3/c1-12-9-6-8(11(13)14)3-2-7(9)4-5-10(12)15-12/h2-3,6,10H,4-5H2,1H3,(H,13,14). The highest BCUT2D eigenvalue weighted by Gasteiger charge is 2.56. The maximum Gasteiger partial charge on any atom is 0.335 e. The van der Waals surface area contributed by atoms with Crippen molar-refractivity contribution in [2.45, 2.75) is 31.5 Å². The van der Waals surface area contributed by atoms with Crippen LogP contribution in [0.5, 0.6) is 0 Å². The molecule has 78 valence electrons. The van der Waals surface area contributed by atoms with Gasteiger partial charge in [-0.1, -0.05) is 6.07 Å².